The van der Waals surface area contributed by atoms with E-state index in [1.54, 1.807) is 0 Å². The lowest BCUT2D eigenvalue weighted by Gasteiger charge is -2.29. The fourth-order valence-electron chi connectivity index (χ4n) is 4.84. The number of aromatic nitrogens is 1. The van der Waals surface area contributed by atoms with Gasteiger partial charge in [0.15, 0.2) is 5.60 Å². The molecule has 42 heavy (non-hydrogen) atoms. The average molecular weight is 623 g/mol. The second kappa shape index (κ2) is 12.7. The SMILES string of the molecule is CNC(=O)c1c(-c2ccc(C)cc2)oc2nc(CN(CCC[C@@](C)(OP(=O)(O)O)C(=O)OC)S(=O)[O-])c(C3CC3)cc12. The molecule has 0 bridgehead atoms. The van der Waals surface area contributed by atoms with Crippen molar-refractivity contribution in [3.8, 4) is 11.3 Å². The van der Waals surface area contributed by atoms with E-state index >= 15 is 0 Å². The van der Waals surface area contributed by atoms with Crippen LogP contribution in [0, 0.1) is 6.92 Å². The lowest BCUT2D eigenvalue weighted by Crippen LogP contribution is -2.39. The van der Waals surface area contributed by atoms with Gasteiger partial charge in [-0.15, -0.1) is 0 Å². The zero-order valence-corrected chi connectivity index (χ0v) is 25.3. The zero-order valence-electron chi connectivity index (χ0n) is 23.6. The number of phosphoric acid groups is 1. The first-order chi connectivity index (χ1) is 19.8. The molecule has 3 N–H and O–H groups in total. The van der Waals surface area contributed by atoms with Gasteiger partial charge >= 0.3 is 13.8 Å². The highest BCUT2D eigenvalue weighted by atomic mass is 32.2. The second-order valence-electron chi connectivity index (χ2n) is 10.4. The minimum Gasteiger partial charge on any atom is -0.760 e. The fourth-order valence-corrected chi connectivity index (χ4v) is 6.03. The number of rotatable bonds is 13. The number of phosphoric ester groups is 1. The smallest absolute Gasteiger partial charge is 0.470 e. The Morgan fingerprint density at radius 3 is 2.50 bits per heavy atom. The number of carbonyl (C=O) groups is 2. The van der Waals surface area contributed by atoms with Gasteiger partial charge in [0.2, 0.25) is 5.71 Å². The maximum atomic E-state index is 13.0. The molecule has 4 rings (SSSR count). The van der Waals surface area contributed by atoms with E-state index in [4.69, 9.17) is 8.94 Å². The maximum Gasteiger partial charge on any atom is 0.470 e. The number of ether oxygens (including phenoxy) is 1. The molecule has 13 nitrogen and oxygen atoms in total. The zero-order chi connectivity index (χ0) is 30.8. The highest BCUT2D eigenvalue weighted by Crippen LogP contribution is 2.45. The minimum absolute atomic E-state index is 0.0136. The van der Waals surface area contributed by atoms with Gasteiger partial charge in [-0.3, -0.25) is 13.5 Å². The molecule has 0 radical (unpaired) electrons. The molecule has 1 amide bonds. The van der Waals surface area contributed by atoms with Gasteiger partial charge in [0.05, 0.1) is 30.3 Å². The van der Waals surface area contributed by atoms with Gasteiger partial charge in [-0.1, -0.05) is 29.8 Å². The van der Waals surface area contributed by atoms with Gasteiger partial charge in [0.1, 0.15) is 5.76 Å². The molecule has 2 heterocycles. The number of methoxy groups -OCH3 is 1. The van der Waals surface area contributed by atoms with Crippen molar-refractivity contribution in [2.24, 2.45) is 0 Å². The van der Waals surface area contributed by atoms with Crippen molar-refractivity contribution in [3.05, 3.63) is 52.7 Å². The summed E-state index contributed by atoms with van der Waals surface area (Å²) in [6, 6.07) is 9.35. The summed E-state index contributed by atoms with van der Waals surface area (Å²) in [7, 11) is -2.46. The van der Waals surface area contributed by atoms with Gasteiger partial charge in [0.25, 0.3) is 5.91 Å². The van der Waals surface area contributed by atoms with E-state index in [9.17, 15) is 32.7 Å². The van der Waals surface area contributed by atoms with Crippen molar-refractivity contribution in [3.63, 3.8) is 0 Å². The molecule has 0 spiro atoms. The summed E-state index contributed by atoms with van der Waals surface area (Å²) in [5, 5.41) is 3.18. The Kier molecular flexibility index (Phi) is 9.68. The van der Waals surface area contributed by atoms with Crippen molar-refractivity contribution >= 4 is 42.1 Å². The van der Waals surface area contributed by atoms with Crippen LogP contribution in [0.15, 0.2) is 34.7 Å². The summed E-state index contributed by atoms with van der Waals surface area (Å²) < 4.78 is 52.4. The van der Waals surface area contributed by atoms with Gasteiger partial charge < -0.3 is 28.8 Å². The summed E-state index contributed by atoms with van der Waals surface area (Å²) in [6.45, 7) is 2.89. The van der Waals surface area contributed by atoms with Crippen LogP contribution >= 0.6 is 7.82 Å². The molecular weight excluding hydrogens is 589 g/mol. The van der Waals surface area contributed by atoms with E-state index in [1.165, 1.54) is 14.0 Å². The quantitative estimate of drug-likeness (QED) is 0.144. The Labute approximate surface area is 245 Å². The van der Waals surface area contributed by atoms with Crippen LogP contribution in [0.5, 0.6) is 0 Å². The number of hydrogen-bond donors (Lipinski definition) is 3. The van der Waals surface area contributed by atoms with Crippen LogP contribution in [0.4, 0.5) is 0 Å². The predicted molar refractivity (Wildman–Crippen MR) is 152 cm³/mol. The molecule has 1 aliphatic carbocycles. The van der Waals surface area contributed by atoms with Crippen LogP contribution in [0.25, 0.3) is 22.4 Å². The molecule has 1 saturated carbocycles. The summed E-state index contributed by atoms with van der Waals surface area (Å²) in [4.78, 5) is 48.4. The maximum absolute atomic E-state index is 13.0. The van der Waals surface area contributed by atoms with E-state index < -0.39 is 30.7 Å². The molecule has 1 fully saturated rings. The number of furan rings is 1. The van der Waals surface area contributed by atoms with Crippen molar-refractivity contribution in [2.75, 3.05) is 20.7 Å². The monoisotopic (exact) mass is 622 g/mol. The van der Waals surface area contributed by atoms with E-state index in [1.807, 2.05) is 37.3 Å². The summed E-state index contributed by atoms with van der Waals surface area (Å²) in [5.41, 5.74) is 1.55. The molecule has 0 aliphatic heterocycles. The van der Waals surface area contributed by atoms with Gasteiger partial charge in [-0.2, -0.15) is 0 Å². The number of amides is 1. The van der Waals surface area contributed by atoms with Gasteiger partial charge in [-0.25, -0.2) is 18.6 Å². The Bertz CT molecular complexity index is 1550. The first-order valence-electron chi connectivity index (χ1n) is 13.2. The average Bonchev–Trinajstić information content (AvgIpc) is 3.70. The molecular formula is C27H33N3O10PS-. The number of nitrogens with one attached hydrogen (secondary N) is 1. The van der Waals surface area contributed by atoms with Crippen molar-refractivity contribution in [2.45, 2.75) is 57.6 Å². The predicted octanol–water partition coefficient (Wildman–Crippen LogP) is 3.46. The van der Waals surface area contributed by atoms with Crippen molar-refractivity contribution in [1.29, 1.82) is 0 Å². The molecule has 3 aromatic rings. The molecule has 15 heteroatoms. The summed E-state index contributed by atoms with van der Waals surface area (Å²) >= 11 is -2.70. The van der Waals surface area contributed by atoms with Gasteiger partial charge in [0, 0.05) is 30.4 Å². The third kappa shape index (κ3) is 7.32. The molecule has 1 aromatic carbocycles. The largest absolute Gasteiger partial charge is 0.760 e. The fraction of sp³-hybridized carbons (Fsp3) is 0.444. The van der Waals surface area contributed by atoms with Crippen LogP contribution in [0.3, 0.4) is 0 Å². The third-order valence-corrected chi connectivity index (χ3v) is 8.49. The van der Waals surface area contributed by atoms with Crippen LogP contribution in [-0.2, 0) is 36.4 Å². The Morgan fingerprint density at radius 2 is 1.95 bits per heavy atom. The van der Waals surface area contributed by atoms with Crippen LogP contribution in [0.2, 0.25) is 0 Å². The number of pyridine rings is 1. The summed E-state index contributed by atoms with van der Waals surface area (Å²) in [5.74, 6) is -0.840. The first-order valence-corrected chi connectivity index (χ1v) is 15.8. The van der Waals surface area contributed by atoms with E-state index in [0.717, 1.165) is 35.4 Å². The molecule has 1 aliphatic rings. The number of esters is 1. The number of aryl methyl sites for hydroxylation is 1. The number of carbonyl (C=O) groups excluding carboxylic acids is 2. The molecule has 2 aromatic heterocycles. The molecule has 1 unspecified atom stereocenters. The van der Waals surface area contributed by atoms with Crippen LogP contribution < -0.4 is 5.32 Å². The Morgan fingerprint density at radius 1 is 1.29 bits per heavy atom. The van der Waals surface area contributed by atoms with Crippen molar-refractivity contribution < 1.29 is 46.4 Å². The second-order valence-corrected chi connectivity index (χ2v) is 12.5. The summed E-state index contributed by atoms with van der Waals surface area (Å²) in [6.07, 6.45) is 1.55. The number of fused-ring (bicyclic) bond motifs is 1. The number of hydrogen-bond acceptors (Lipinski definition) is 9. The van der Waals surface area contributed by atoms with Crippen LogP contribution in [0.1, 0.15) is 65.7 Å². The minimum atomic E-state index is -5.05. The lowest BCUT2D eigenvalue weighted by molar-refractivity contribution is -0.159. The van der Waals surface area contributed by atoms with Gasteiger partial charge in [-0.05, 0) is 57.1 Å². The third-order valence-electron chi connectivity index (χ3n) is 7.12. The van der Waals surface area contributed by atoms with Crippen molar-refractivity contribution in [1.82, 2.24) is 14.6 Å². The highest BCUT2D eigenvalue weighted by Gasteiger charge is 2.41. The Balaban J connectivity index is 1.66. The Hall–Kier alpha value is -2.97. The first kappa shape index (κ1) is 32.0. The number of benzene rings is 1. The standard InChI is InChI=1S/C27H34N3O10PS/c1-16-6-8-18(9-7-16)23-22(24(31)28-3)20-14-19(17-10-11-17)21(29-25(20)39-23)15-30(42(36)37)13-5-12-27(2,26(32)38-4)40-41(33,34)35/h6-9,14,17H,5,10-13,15H2,1-4H3,(H,28,31)(H,36,37)(H2,33,34,35)/p-1/t27-/m1/s1. The van der Waals surface area contributed by atoms with E-state index in [-0.39, 0.29) is 43.5 Å². The number of nitrogens with zero attached hydrogens (tertiary/aromatic N) is 2. The van der Waals surface area contributed by atoms with E-state index in [2.05, 4.69) is 15.0 Å². The molecule has 0 saturated heterocycles. The normalized spacial score (nSPS) is 15.9. The molecule has 228 valence electrons. The highest BCUT2D eigenvalue weighted by molar-refractivity contribution is 7.76. The topological polar surface area (TPSA) is 192 Å². The molecule has 2 atom stereocenters. The van der Waals surface area contributed by atoms with E-state index in [0.29, 0.717) is 28.0 Å². The lowest BCUT2D eigenvalue weighted by atomic mass is 10.0. The van der Waals surface area contributed by atoms with Crippen LogP contribution in [-0.4, -0.2) is 66.0 Å².